The second-order valence-electron chi connectivity index (χ2n) is 3.66. The van der Waals surface area contributed by atoms with E-state index in [0.717, 1.165) is 0 Å². The quantitative estimate of drug-likeness (QED) is 0.747. The van der Waals surface area contributed by atoms with Crippen molar-refractivity contribution in [2.45, 2.75) is 0 Å². The molecule has 1 aliphatic rings. The second kappa shape index (κ2) is 3.52. The molecule has 1 aliphatic heterocycles. The van der Waals surface area contributed by atoms with Crippen LogP contribution in [0.15, 0.2) is 48.5 Å². The molecule has 1 amide bonds. The van der Waals surface area contributed by atoms with Crippen LogP contribution in [-0.4, -0.2) is 11.2 Å². The Morgan fingerprint density at radius 1 is 0.941 bits per heavy atom. The van der Waals surface area contributed by atoms with Gasteiger partial charge in [0, 0.05) is 0 Å². The number of rotatable bonds is 0. The Bertz CT molecular complexity index is 549. The van der Waals surface area contributed by atoms with Crippen LogP contribution in [0.25, 0.3) is 0 Å². The Labute approximate surface area is 97.7 Å². The van der Waals surface area contributed by atoms with Crippen molar-refractivity contribution < 1.29 is 14.6 Å². The number of amides is 1. The van der Waals surface area contributed by atoms with E-state index in [2.05, 4.69) is 0 Å². The summed E-state index contributed by atoms with van der Waals surface area (Å²) in [5.74, 6) is 1.10. The summed E-state index contributed by atoms with van der Waals surface area (Å²) in [4.78, 5) is 12.6. The van der Waals surface area contributed by atoms with Crippen LogP contribution in [0.3, 0.4) is 0 Å². The van der Waals surface area contributed by atoms with Crippen molar-refractivity contribution in [1.29, 1.82) is 0 Å². The number of carboxylic acid groups (broad SMARTS) is 1. The van der Waals surface area contributed by atoms with Gasteiger partial charge in [0.25, 0.3) is 0 Å². The van der Waals surface area contributed by atoms with Gasteiger partial charge in [-0.15, -0.1) is 0 Å². The molecule has 0 saturated carbocycles. The highest BCUT2D eigenvalue weighted by Crippen LogP contribution is 2.46. The fourth-order valence-corrected chi connectivity index (χ4v) is 1.91. The van der Waals surface area contributed by atoms with Crippen molar-refractivity contribution in [1.82, 2.24) is 0 Å². The lowest BCUT2D eigenvalue weighted by molar-refractivity contribution is 0.204. The lowest BCUT2D eigenvalue weighted by Gasteiger charge is -2.28. The first-order valence-electron chi connectivity index (χ1n) is 5.16. The minimum absolute atomic E-state index is 0.540. The lowest BCUT2D eigenvalue weighted by Crippen LogP contribution is -2.26. The molecule has 4 heteroatoms. The van der Waals surface area contributed by atoms with Gasteiger partial charge in [-0.3, -0.25) is 0 Å². The van der Waals surface area contributed by atoms with Crippen molar-refractivity contribution in [3.05, 3.63) is 48.5 Å². The molecule has 0 spiro atoms. The van der Waals surface area contributed by atoms with Crippen LogP contribution < -0.4 is 9.64 Å². The van der Waals surface area contributed by atoms with E-state index in [0.29, 0.717) is 22.9 Å². The average molecular weight is 227 g/mol. The molecule has 1 N–H and O–H groups in total. The topological polar surface area (TPSA) is 49.8 Å². The third-order valence-corrected chi connectivity index (χ3v) is 2.62. The van der Waals surface area contributed by atoms with Gasteiger partial charge in [0.1, 0.15) is 0 Å². The van der Waals surface area contributed by atoms with Crippen molar-refractivity contribution in [2.75, 3.05) is 4.90 Å². The normalized spacial score (nSPS) is 12.4. The molecule has 0 atom stereocenters. The summed E-state index contributed by atoms with van der Waals surface area (Å²) >= 11 is 0. The van der Waals surface area contributed by atoms with Crippen molar-refractivity contribution in [3.63, 3.8) is 0 Å². The molecule has 0 fully saturated rings. The summed E-state index contributed by atoms with van der Waals surface area (Å²) in [5, 5.41) is 9.30. The van der Waals surface area contributed by atoms with Gasteiger partial charge in [0.15, 0.2) is 11.5 Å². The lowest BCUT2D eigenvalue weighted by atomic mass is 10.2. The summed E-state index contributed by atoms with van der Waals surface area (Å²) in [7, 11) is 0. The molecule has 17 heavy (non-hydrogen) atoms. The first-order valence-corrected chi connectivity index (χ1v) is 5.16. The zero-order valence-electron chi connectivity index (χ0n) is 8.83. The maximum absolute atomic E-state index is 11.4. The van der Waals surface area contributed by atoms with E-state index in [1.807, 2.05) is 12.1 Å². The zero-order chi connectivity index (χ0) is 11.8. The minimum atomic E-state index is -1.02. The summed E-state index contributed by atoms with van der Waals surface area (Å²) in [5.41, 5.74) is 1.08. The number of hydrogen-bond acceptors (Lipinski definition) is 2. The van der Waals surface area contributed by atoms with Gasteiger partial charge >= 0.3 is 6.09 Å². The molecule has 84 valence electrons. The highest BCUT2D eigenvalue weighted by Gasteiger charge is 2.28. The van der Waals surface area contributed by atoms with E-state index in [9.17, 15) is 9.90 Å². The summed E-state index contributed by atoms with van der Waals surface area (Å²) in [6.07, 6.45) is -1.02. The smallest absolute Gasteiger partial charge is 0.416 e. The van der Waals surface area contributed by atoms with E-state index in [1.165, 1.54) is 4.90 Å². The molecule has 0 aliphatic carbocycles. The van der Waals surface area contributed by atoms with Crippen LogP contribution in [0.2, 0.25) is 0 Å². The maximum Gasteiger partial charge on any atom is 0.416 e. The molecule has 0 radical (unpaired) electrons. The molecule has 4 nitrogen and oxygen atoms in total. The minimum Gasteiger partial charge on any atom is -0.464 e. The second-order valence-corrected chi connectivity index (χ2v) is 3.66. The third-order valence-electron chi connectivity index (χ3n) is 2.62. The Hall–Kier alpha value is -2.49. The van der Waals surface area contributed by atoms with Gasteiger partial charge < -0.3 is 9.84 Å². The van der Waals surface area contributed by atoms with E-state index in [4.69, 9.17) is 4.74 Å². The number of para-hydroxylation sites is 4. The van der Waals surface area contributed by atoms with E-state index < -0.39 is 6.09 Å². The fourth-order valence-electron chi connectivity index (χ4n) is 1.91. The molecule has 1 heterocycles. The standard InChI is InChI=1S/C13H9NO3/c15-13(16)14-9-5-1-3-7-11(9)17-12-8-4-2-6-10(12)14/h1-8H,(H,15,16). The monoisotopic (exact) mass is 227 g/mol. The van der Waals surface area contributed by atoms with Crippen LogP contribution in [0, 0.1) is 0 Å². The Morgan fingerprint density at radius 2 is 1.41 bits per heavy atom. The predicted molar refractivity (Wildman–Crippen MR) is 63.1 cm³/mol. The molecule has 0 unspecified atom stereocenters. The summed E-state index contributed by atoms with van der Waals surface area (Å²) < 4.78 is 5.65. The molecular weight excluding hydrogens is 218 g/mol. The van der Waals surface area contributed by atoms with E-state index in [-0.39, 0.29) is 0 Å². The molecule has 3 rings (SSSR count). The van der Waals surface area contributed by atoms with Gasteiger partial charge in [-0.2, -0.15) is 0 Å². The summed E-state index contributed by atoms with van der Waals surface area (Å²) in [6.45, 7) is 0. The van der Waals surface area contributed by atoms with E-state index >= 15 is 0 Å². The number of anilines is 2. The molecular formula is C13H9NO3. The SMILES string of the molecule is O=C(O)N1c2ccccc2Oc2ccccc21. The fraction of sp³-hybridized carbons (Fsp3) is 0. The van der Waals surface area contributed by atoms with Crippen LogP contribution in [0.5, 0.6) is 11.5 Å². The van der Waals surface area contributed by atoms with Gasteiger partial charge in [0.2, 0.25) is 0 Å². The Balaban J connectivity index is 2.24. The van der Waals surface area contributed by atoms with Crippen LogP contribution in [-0.2, 0) is 0 Å². The Morgan fingerprint density at radius 3 is 1.88 bits per heavy atom. The van der Waals surface area contributed by atoms with Crippen molar-refractivity contribution in [2.24, 2.45) is 0 Å². The average Bonchev–Trinajstić information content (AvgIpc) is 2.35. The molecule has 2 aromatic rings. The number of fused-ring (bicyclic) bond motifs is 2. The van der Waals surface area contributed by atoms with Gasteiger partial charge in [0.05, 0.1) is 11.4 Å². The van der Waals surface area contributed by atoms with E-state index in [1.54, 1.807) is 36.4 Å². The number of benzene rings is 2. The molecule has 0 aromatic heterocycles. The number of carbonyl (C=O) groups is 1. The third kappa shape index (κ3) is 1.42. The van der Waals surface area contributed by atoms with Crippen molar-refractivity contribution in [3.8, 4) is 11.5 Å². The van der Waals surface area contributed by atoms with Crippen molar-refractivity contribution >= 4 is 17.5 Å². The number of ether oxygens (including phenoxy) is 1. The first kappa shape index (κ1) is 9.72. The molecule has 0 bridgehead atoms. The van der Waals surface area contributed by atoms with Crippen LogP contribution in [0.4, 0.5) is 16.2 Å². The maximum atomic E-state index is 11.4. The predicted octanol–water partition coefficient (Wildman–Crippen LogP) is 3.61. The molecule has 0 saturated heterocycles. The van der Waals surface area contributed by atoms with Gasteiger partial charge in [-0.25, -0.2) is 9.69 Å². The van der Waals surface area contributed by atoms with Gasteiger partial charge in [-0.05, 0) is 24.3 Å². The van der Waals surface area contributed by atoms with Crippen LogP contribution in [0.1, 0.15) is 0 Å². The first-order chi connectivity index (χ1) is 8.27. The molecule has 2 aromatic carbocycles. The number of nitrogens with zero attached hydrogens (tertiary/aromatic N) is 1. The highest BCUT2D eigenvalue weighted by atomic mass is 16.5. The van der Waals surface area contributed by atoms with Gasteiger partial charge in [-0.1, -0.05) is 24.3 Å². The Kier molecular flexibility index (Phi) is 2.01. The number of hydrogen-bond donors (Lipinski definition) is 1. The van der Waals surface area contributed by atoms with Crippen LogP contribution >= 0.6 is 0 Å². The largest absolute Gasteiger partial charge is 0.464 e. The zero-order valence-corrected chi connectivity index (χ0v) is 8.83. The highest BCUT2D eigenvalue weighted by molar-refractivity contribution is 5.99. The summed E-state index contributed by atoms with van der Waals surface area (Å²) in [6, 6.07) is 14.1.